The minimum Gasteiger partial charge on any atom is -0.461 e. The van der Waals surface area contributed by atoms with Crippen molar-refractivity contribution in [3.63, 3.8) is 0 Å². The third-order valence-corrected chi connectivity index (χ3v) is 6.88. The summed E-state index contributed by atoms with van der Waals surface area (Å²) < 4.78 is 31.2. The zero-order valence-electron chi connectivity index (χ0n) is 16.9. The summed E-state index contributed by atoms with van der Waals surface area (Å²) in [6.07, 6.45) is 4.41. The molecule has 10 nitrogen and oxygen atoms in total. The molecule has 1 saturated heterocycles. The number of aromatic amines is 1. The van der Waals surface area contributed by atoms with Crippen molar-refractivity contribution in [3.05, 3.63) is 24.2 Å². The molecule has 0 saturated carbocycles. The van der Waals surface area contributed by atoms with Crippen LogP contribution in [-0.2, 0) is 16.4 Å². The van der Waals surface area contributed by atoms with Crippen LogP contribution in [0, 0.1) is 0 Å². The van der Waals surface area contributed by atoms with E-state index in [1.807, 2.05) is 13.0 Å². The Balaban J connectivity index is 1.41. The van der Waals surface area contributed by atoms with E-state index in [0.29, 0.717) is 50.0 Å². The van der Waals surface area contributed by atoms with Gasteiger partial charge >= 0.3 is 0 Å². The zero-order chi connectivity index (χ0) is 20.7. The quantitative estimate of drug-likeness (QED) is 0.426. The second-order valence-corrected chi connectivity index (χ2v) is 9.05. The predicted octanol–water partition coefficient (Wildman–Crippen LogP) is 0.976. The first-order chi connectivity index (χ1) is 14.0. The first kappa shape index (κ1) is 21.3. The van der Waals surface area contributed by atoms with Crippen molar-refractivity contribution >= 4 is 16.0 Å². The van der Waals surface area contributed by atoms with E-state index < -0.39 is 10.0 Å². The summed E-state index contributed by atoms with van der Waals surface area (Å²) in [5.74, 6) is 2.85. The Bertz CT molecular complexity index is 884. The summed E-state index contributed by atoms with van der Waals surface area (Å²) in [5.41, 5.74) is 0. The normalized spacial score (nSPS) is 16.8. The molecule has 0 aliphatic carbocycles. The maximum absolute atomic E-state index is 12.2. The second kappa shape index (κ2) is 9.88. The number of hydrogen-bond acceptors (Lipinski definition) is 6. The molecule has 0 aromatic carbocycles. The molecule has 0 amide bonds. The molecular weight excluding hydrogens is 394 g/mol. The molecule has 0 unspecified atom stereocenters. The van der Waals surface area contributed by atoms with Gasteiger partial charge in [-0.15, -0.1) is 0 Å². The lowest BCUT2D eigenvalue weighted by molar-refractivity contribution is 0.306. The molecule has 1 fully saturated rings. The number of aromatic nitrogens is 3. The summed E-state index contributed by atoms with van der Waals surface area (Å²) in [4.78, 5) is 8.67. The molecular formula is C18H29N7O3S. The van der Waals surface area contributed by atoms with Crippen LogP contribution in [0.1, 0.15) is 32.0 Å². The third kappa shape index (κ3) is 5.80. The molecule has 2 aromatic heterocycles. The first-order valence-electron chi connectivity index (χ1n) is 9.92. The maximum Gasteiger partial charge on any atom is 0.216 e. The Labute approximate surface area is 171 Å². The van der Waals surface area contributed by atoms with E-state index in [-0.39, 0.29) is 11.8 Å². The van der Waals surface area contributed by atoms with Crippen molar-refractivity contribution < 1.29 is 12.8 Å². The number of piperidine rings is 1. The number of rotatable bonds is 8. The number of furan rings is 1. The van der Waals surface area contributed by atoms with Crippen LogP contribution in [0.5, 0.6) is 0 Å². The minimum atomic E-state index is -3.11. The molecule has 0 bridgehead atoms. The fourth-order valence-corrected chi connectivity index (χ4v) is 4.82. The van der Waals surface area contributed by atoms with Crippen LogP contribution in [0.4, 0.5) is 0 Å². The molecule has 3 rings (SSSR count). The van der Waals surface area contributed by atoms with Gasteiger partial charge in [0.25, 0.3) is 0 Å². The van der Waals surface area contributed by atoms with Gasteiger partial charge in [-0.2, -0.15) is 5.10 Å². The van der Waals surface area contributed by atoms with Crippen LogP contribution in [0.25, 0.3) is 11.6 Å². The molecule has 11 heteroatoms. The summed E-state index contributed by atoms with van der Waals surface area (Å²) in [5, 5.41) is 13.7. The van der Waals surface area contributed by atoms with Gasteiger partial charge in [0.15, 0.2) is 11.7 Å². The van der Waals surface area contributed by atoms with Crippen molar-refractivity contribution in [2.75, 3.05) is 32.4 Å². The Morgan fingerprint density at radius 3 is 2.86 bits per heavy atom. The van der Waals surface area contributed by atoms with Crippen molar-refractivity contribution in [1.82, 2.24) is 30.1 Å². The lowest BCUT2D eigenvalue weighted by Crippen LogP contribution is -2.50. The largest absolute Gasteiger partial charge is 0.461 e. The second-order valence-electron chi connectivity index (χ2n) is 6.97. The zero-order valence-corrected chi connectivity index (χ0v) is 17.7. The molecule has 0 radical (unpaired) electrons. The van der Waals surface area contributed by atoms with Crippen LogP contribution < -0.4 is 10.6 Å². The van der Waals surface area contributed by atoms with Crippen molar-refractivity contribution in [2.24, 2.45) is 4.99 Å². The van der Waals surface area contributed by atoms with Gasteiger partial charge in [0, 0.05) is 39.1 Å². The standard InChI is InChI=1S/C18H29N7O3S/c1-3-13-29(26,27)25-10-7-14(8-11-25)21-18(19-2)20-9-6-16-22-17(24-23-16)15-5-4-12-28-15/h4-5,12,14H,3,6-11,13H2,1-2H3,(H2,19,20,21)(H,22,23,24). The Kier molecular flexibility index (Phi) is 7.26. The molecule has 3 N–H and O–H groups in total. The van der Waals surface area contributed by atoms with Crippen molar-refractivity contribution in [2.45, 2.75) is 38.6 Å². The smallest absolute Gasteiger partial charge is 0.216 e. The van der Waals surface area contributed by atoms with Crippen molar-refractivity contribution in [1.29, 1.82) is 0 Å². The summed E-state index contributed by atoms with van der Waals surface area (Å²) in [6.45, 7) is 3.61. The molecule has 2 aromatic rings. The van der Waals surface area contributed by atoms with Gasteiger partial charge in [0.1, 0.15) is 5.82 Å². The predicted molar refractivity (Wildman–Crippen MR) is 111 cm³/mol. The molecule has 1 aliphatic heterocycles. The van der Waals surface area contributed by atoms with Gasteiger partial charge in [-0.1, -0.05) is 6.92 Å². The van der Waals surface area contributed by atoms with Gasteiger partial charge in [-0.3, -0.25) is 10.1 Å². The van der Waals surface area contributed by atoms with E-state index in [0.717, 1.165) is 18.7 Å². The average molecular weight is 424 g/mol. The highest BCUT2D eigenvalue weighted by molar-refractivity contribution is 7.89. The first-order valence-corrected chi connectivity index (χ1v) is 11.5. The van der Waals surface area contributed by atoms with Crippen LogP contribution in [-0.4, -0.2) is 72.3 Å². The van der Waals surface area contributed by atoms with Gasteiger partial charge in [0.05, 0.1) is 12.0 Å². The number of H-pyrrole nitrogens is 1. The third-order valence-electron chi connectivity index (χ3n) is 4.80. The summed E-state index contributed by atoms with van der Waals surface area (Å²) in [7, 11) is -1.39. The fourth-order valence-electron chi connectivity index (χ4n) is 3.28. The monoisotopic (exact) mass is 423 g/mol. The van der Waals surface area contributed by atoms with Gasteiger partial charge < -0.3 is 15.1 Å². The SMILES string of the molecule is CCCS(=O)(=O)N1CCC(NC(=NC)NCCc2nc(-c3ccco3)n[nH]2)CC1. The molecule has 29 heavy (non-hydrogen) atoms. The molecule has 0 atom stereocenters. The molecule has 160 valence electrons. The number of nitrogens with one attached hydrogen (secondary N) is 3. The van der Waals surface area contributed by atoms with E-state index in [9.17, 15) is 8.42 Å². The average Bonchev–Trinajstić information content (AvgIpc) is 3.39. The number of hydrogen-bond donors (Lipinski definition) is 3. The van der Waals surface area contributed by atoms with Gasteiger partial charge in [0.2, 0.25) is 15.8 Å². The number of nitrogens with zero attached hydrogens (tertiary/aromatic N) is 4. The Morgan fingerprint density at radius 2 is 2.21 bits per heavy atom. The topological polar surface area (TPSA) is 129 Å². The number of sulfonamides is 1. The lowest BCUT2D eigenvalue weighted by atomic mass is 10.1. The Morgan fingerprint density at radius 1 is 1.41 bits per heavy atom. The maximum atomic E-state index is 12.2. The van der Waals surface area contributed by atoms with E-state index in [4.69, 9.17) is 4.42 Å². The fraction of sp³-hybridized carbons (Fsp3) is 0.611. The molecule has 1 aliphatic rings. The lowest BCUT2D eigenvalue weighted by Gasteiger charge is -2.32. The van der Waals surface area contributed by atoms with Crippen molar-refractivity contribution in [3.8, 4) is 11.6 Å². The number of guanidine groups is 1. The molecule has 0 spiro atoms. The minimum absolute atomic E-state index is 0.199. The van der Waals surface area contributed by atoms with E-state index >= 15 is 0 Å². The summed E-state index contributed by atoms with van der Waals surface area (Å²) >= 11 is 0. The Hall–Kier alpha value is -2.40. The van der Waals surface area contributed by atoms with Gasteiger partial charge in [-0.25, -0.2) is 17.7 Å². The number of aliphatic imine (C=N–C) groups is 1. The van der Waals surface area contributed by atoms with Crippen LogP contribution in [0.15, 0.2) is 27.8 Å². The highest BCUT2D eigenvalue weighted by Crippen LogP contribution is 2.15. The van der Waals surface area contributed by atoms with Gasteiger partial charge in [-0.05, 0) is 31.4 Å². The van der Waals surface area contributed by atoms with Crippen LogP contribution >= 0.6 is 0 Å². The summed E-state index contributed by atoms with van der Waals surface area (Å²) in [6, 6.07) is 3.81. The van der Waals surface area contributed by atoms with E-state index in [2.05, 4.69) is 30.8 Å². The van der Waals surface area contributed by atoms with Crippen LogP contribution in [0.3, 0.4) is 0 Å². The van der Waals surface area contributed by atoms with E-state index in [1.54, 1.807) is 23.7 Å². The van der Waals surface area contributed by atoms with Crippen LogP contribution in [0.2, 0.25) is 0 Å². The molecule has 3 heterocycles. The highest BCUT2D eigenvalue weighted by atomic mass is 32.2. The highest BCUT2D eigenvalue weighted by Gasteiger charge is 2.27. The van der Waals surface area contributed by atoms with E-state index in [1.165, 1.54) is 0 Å².